The van der Waals surface area contributed by atoms with Gasteiger partial charge in [-0.1, -0.05) is 50.0 Å². The Balaban J connectivity index is 1.31. The minimum atomic E-state index is -0.215. The monoisotopic (exact) mass is 694 g/mol. The van der Waals surface area contributed by atoms with Crippen LogP contribution in [-0.2, 0) is 17.8 Å². The maximum Gasteiger partial charge on any atom is 0.262 e. The van der Waals surface area contributed by atoms with Crippen molar-refractivity contribution in [2.24, 2.45) is 28.2 Å². The Kier molecular flexibility index (Phi) is 9.98. The summed E-state index contributed by atoms with van der Waals surface area (Å²) in [6.45, 7) is 16.7. The maximum absolute atomic E-state index is 14.1. The Bertz CT molecular complexity index is 1760. The number of carbonyl (C=O) groups excluding carboxylic acids is 1. The number of carbonyl (C=O) groups is 1. The summed E-state index contributed by atoms with van der Waals surface area (Å²) in [4.78, 5) is 40.9. The van der Waals surface area contributed by atoms with Gasteiger partial charge in [0.15, 0.2) is 0 Å². The largest absolute Gasteiger partial charge is 0.340 e. The number of aryl methyl sites for hydroxylation is 1. The minimum absolute atomic E-state index is 0.0962. The fourth-order valence-corrected chi connectivity index (χ4v) is 8.47. The minimum Gasteiger partial charge on any atom is -0.340 e. The SMILES string of the molecule is CC(=O)NNC(=N[C@H]1C[C@@H]2C[C@H]([C@@H]1C)C2(C)C)Nc1ccc2c(=O)n(CCc3ccc(Cl)cc3Cl)c(N3CCN(C(C)C)CC3)nc2c1. The summed E-state index contributed by atoms with van der Waals surface area (Å²) in [6, 6.07) is 11.6. The molecule has 3 aromatic rings. The molecule has 10 nitrogen and oxygen atoms in total. The molecular formula is C36H48Cl2N8O2. The molecule has 1 amide bonds. The summed E-state index contributed by atoms with van der Waals surface area (Å²) in [5, 5.41) is 5.08. The highest BCUT2D eigenvalue weighted by Crippen LogP contribution is 2.61. The highest BCUT2D eigenvalue weighted by atomic mass is 35.5. The van der Waals surface area contributed by atoms with E-state index in [4.69, 9.17) is 33.2 Å². The number of rotatable bonds is 7. The Morgan fingerprint density at radius 3 is 2.46 bits per heavy atom. The number of hydrogen-bond acceptors (Lipinski definition) is 6. The van der Waals surface area contributed by atoms with Gasteiger partial charge >= 0.3 is 0 Å². The van der Waals surface area contributed by atoms with Gasteiger partial charge in [-0.05, 0) is 92.2 Å². The van der Waals surface area contributed by atoms with E-state index in [1.807, 2.05) is 30.3 Å². The van der Waals surface area contributed by atoms with Gasteiger partial charge in [-0.2, -0.15) is 0 Å². The van der Waals surface area contributed by atoms with Crippen molar-refractivity contribution in [2.75, 3.05) is 36.4 Å². The molecule has 0 unspecified atom stereocenters. The number of piperazine rings is 1. The molecule has 0 radical (unpaired) electrons. The summed E-state index contributed by atoms with van der Waals surface area (Å²) < 4.78 is 1.79. The van der Waals surface area contributed by atoms with Gasteiger partial charge in [0.2, 0.25) is 17.8 Å². The molecule has 1 saturated heterocycles. The van der Waals surface area contributed by atoms with Crippen LogP contribution < -0.4 is 26.6 Å². The fraction of sp³-hybridized carbons (Fsp3) is 0.556. The first kappa shape index (κ1) is 34.5. The molecule has 2 heterocycles. The van der Waals surface area contributed by atoms with Crippen molar-refractivity contribution in [2.45, 2.75) is 79.4 Å². The van der Waals surface area contributed by atoms with Crippen molar-refractivity contribution >= 4 is 57.6 Å². The third kappa shape index (κ3) is 7.03. The molecule has 2 aromatic carbocycles. The number of anilines is 2. The average molecular weight is 696 g/mol. The zero-order chi connectivity index (χ0) is 34.3. The molecule has 1 aromatic heterocycles. The van der Waals surface area contributed by atoms with E-state index in [9.17, 15) is 9.59 Å². The number of guanidine groups is 1. The predicted molar refractivity (Wildman–Crippen MR) is 196 cm³/mol. The lowest BCUT2D eigenvalue weighted by molar-refractivity contribution is -0.119. The lowest BCUT2D eigenvalue weighted by Crippen LogP contribution is -2.57. The second-order valence-electron chi connectivity index (χ2n) is 14.6. The molecule has 4 fully saturated rings. The molecule has 258 valence electrons. The zero-order valence-corrected chi connectivity index (χ0v) is 30.3. The fourth-order valence-electron chi connectivity index (χ4n) is 7.96. The van der Waals surface area contributed by atoms with Crippen LogP contribution in [0.2, 0.25) is 10.0 Å². The molecule has 3 aliphatic carbocycles. The van der Waals surface area contributed by atoms with Crippen LogP contribution in [0.1, 0.15) is 59.9 Å². The molecule has 3 saturated carbocycles. The van der Waals surface area contributed by atoms with E-state index >= 15 is 0 Å². The third-order valence-corrected chi connectivity index (χ3v) is 11.7. The number of nitrogens with zero attached hydrogens (tertiary/aromatic N) is 5. The quantitative estimate of drug-likeness (QED) is 0.159. The van der Waals surface area contributed by atoms with E-state index in [2.05, 4.69) is 60.6 Å². The van der Waals surface area contributed by atoms with Crippen molar-refractivity contribution in [3.05, 3.63) is 62.4 Å². The number of aromatic nitrogens is 2. The van der Waals surface area contributed by atoms with Crippen LogP contribution in [-0.4, -0.2) is 64.6 Å². The van der Waals surface area contributed by atoms with Crippen molar-refractivity contribution in [1.29, 1.82) is 0 Å². The van der Waals surface area contributed by atoms with E-state index in [1.54, 1.807) is 10.6 Å². The zero-order valence-electron chi connectivity index (χ0n) is 28.8. The second-order valence-corrected chi connectivity index (χ2v) is 15.5. The lowest BCUT2D eigenvalue weighted by Gasteiger charge is -2.61. The molecule has 4 aliphatic rings. The Morgan fingerprint density at radius 2 is 1.81 bits per heavy atom. The average Bonchev–Trinajstić information content (AvgIpc) is 3.04. The van der Waals surface area contributed by atoms with E-state index in [0.29, 0.717) is 75.0 Å². The molecule has 2 bridgehead atoms. The molecule has 12 heteroatoms. The number of nitrogens with one attached hydrogen (secondary N) is 3. The standard InChI is InChI=1S/C36H48Cl2N8O2/c1-21(2)44-13-15-45(16-14-44)35-41-32-20-27(9-10-28(32)33(48)46(35)12-11-24-7-8-26(37)19-30(24)38)39-34(43-42-23(4)47)40-31-18-25-17-29(22(31)3)36(25,5)6/h7-10,19-22,25,29,31H,11-18H2,1-6H3,(H,42,47)(H2,39,40,43)/t22-,25-,29+,31-/m0/s1. The van der Waals surface area contributed by atoms with Crippen LogP contribution in [0.25, 0.3) is 10.9 Å². The van der Waals surface area contributed by atoms with Gasteiger partial charge in [0.1, 0.15) is 0 Å². The van der Waals surface area contributed by atoms with Crippen molar-refractivity contribution < 1.29 is 4.79 Å². The first-order valence-corrected chi connectivity index (χ1v) is 17.9. The van der Waals surface area contributed by atoms with Crippen molar-refractivity contribution in [3.8, 4) is 0 Å². The van der Waals surface area contributed by atoms with Gasteiger partial charge in [-0.15, -0.1) is 0 Å². The van der Waals surface area contributed by atoms with Crippen LogP contribution in [0.15, 0.2) is 46.2 Å². The number of fused-ring (bicyclic) bond motifs is 3. The maximum atomic E-state index is 14.1. The van der Waals surface area contributed by atoms with E-state index in [0.717, 1.165) is 43.9 Å². The number of hydrazine groups is 1. The molecule has 48 heavy (non-hydrogen) atoms. The van der Waals surface area contributed by atoms with Gasteiger partial charge in [-0.25, -0.2) is 9.98 Å². The third-order valence-electron chi connectivity index (χ3n) is 11.1. The van der Waals surface area contributed by atoms with Crippen LogP contribution >= 0.6 is 23.2 Å². The smallest absolute Gasteiger partial charge is 0.262 e. The second kappa shape index (κ2) is 13.9. The first-order chi connectivity index (χ1) is 22.8. The molecule has 1 aliphatic heterocycles. The summed E-state index contributed by atoms with van der Waals surface area (Å²) >= 11 is 12.6. The number of hydrogen-bond donors (Lipinski definition) is 3. The Morgan fingerprint density at radius 1 is 1.06 bits per heavy atom. The van der Waals surface area contributed by atoms with Gasteiger partial charge in [0.25, 0.3) is 5.56 Å². The van der Waals surface area contributed by atoms with Crippen LogP contribution in [0.3, 0.4) is 0 Å². The molecule has 3 N–H and O–H groups in total. The van der Waals surface area contributed by atoms with Gasteiger partial charge in [0.05, 0.1) is 16.9 Å². The summed E-state index contributed by atoms with van der Waals surface area (Å²) in [6.07, 6.45) is 2.84. The van der Waals surface area contributed by atoms with Gasteiger partial charge < -0.3 is 10.2 Å². The summed E-state index contributed by atoms with van der Waals surface area (Å²) in [5.74, 6) is 2.63. The van der Waals surface area contributed by atoms with Crippen LogP contribution in [0.5, 0.6) is 0 Å². The van der Waals surface area contributed by atoms with E-state index in [-0.39, 0.29) is 17.5 Å². The molecular weight excluding hydrogens is 647 g/mol. The lowest BCUT2D eigenvalue weighted by atomic mass is 9.45. The summed E-state index contributed by atoms with van der Waals surface area (Å²) in [5.41, 5.74) is 8.17. The highest BCUT2D eigenvalue weighted by molar-refractivity contribution is 6.35. The van der Waals surface area contributed by atoms with Gasteiger partial charge in [-0.3, -0.25) is 29.9 Å². The normalized spacial score (nSPS) is 24.0. The molecule has 7 rings (SSSR count). The van der Waals surface area contributed by atoms with Crippen molar-refractivity contribution in [3.63, 3.8) is 0 Å². The van der Waals surface area contributed by atoms with Gasteiger partial charge in [0, 0.05) is 61.4 Å². The van der Waals surface area contributed by atoms with Crippen LogP contribution in [0, 0.1) is 23.2 Å². The molecule has 4 atom stereocenters. The Labute approximate surface area is 293 Å². The van der Waals surface area contributed by atoms with Crippen molar-refractivity contribution in [1.82, 2.24) is 25.3 Å². The first-order valence-electron chi connectivity index (χ1n) is 17.2. The topological polar surface area (TPSA) is 107 Å². The summed E-state index contributed by atoms with van der Waals surface area (Å²) in [7, 11) is 0. The number of aliphatic imine (C=N–C) groups is 1. The molecule has 0 spiro atoms. The number of benzene rings is 2. The van der Waals surface area contributed by atoms with Crippen LogP contribution in [0.4, 0.5) is 11.6 Å². The predicted octanol–water partition coefficient (Wildman–Crippen LogP) is 5.96. The van der Waals surface area contributed by atoms with E-state index < -0.39 is 0 Å². The number of halogens is 2. The van der Waals surface area contributed by atoms with E-state index in [1.165, 1.54) is 13.3 Å². The number of amides is 1. The highest BCUT2D eigenvalue weighted by Gasteiger charge is 2.56. The Hall–Kier alpha value is -3.34.